The second-order valence-electron chi connectivity index (χ2n) is 6.18. The molecule has 3 heterocycles. The Bertz CT molecular complexity index is 1050. The summed E-state index contributed by atoms with van der Waals surface area (Å²) in [5, 5.41) is 38.3. The zero-order valence-electron chi connectivity index (χ0n) is 14.4. The van der Waals surface area contributed by atoms with Gasteiger partial charge in [-0.2, -0.15) is 15.2 Å². The summed E-state index contributed by atoms with van der Waals surface area (Å²) in [5.41, 5.74) is 6.91. The molecule has 11 heteroatoms. The van der Waals surface area contributed by atoms with Crippen molar-refractivity contribution >= 4 is 17.0 Å². The van der Waals surface area contributed by atoms with E-state index in [-0.39, 0.29) is 23.0 Å². The summed E-state index contributed by atoms with van der Waals surface area (Å²) < 4.78 is 12.5. The van der Waals surface area contributed by atoms with Crippen LogP contribution in [0.25, 0.3) is 11.2 Å². The number of imidazole rings is 1. The Morgan fingerprint density at radius 3 is 2.61 bits per heavy atom. The normalized spacial score (nSPS) is 24.4. The molecule has 0 spiro atoms. The van der Waals surface area contributed by atoms with E-state index in [9.17, 15) is 15.3 Å². The number of aliphatic hydroxyl groups is 3. The summed E-state index contributed by atoms with van der Waals surface area (Å²) in [5.74, 6) is 0.455. The third kappa shape index (κ3) is 3.00. The topological polar surface area (TPSA) is 173 Å². The number of nitrogen functional groups attached to an aromatic ring is 1. The molecule has 1 saturated heterocycles. The number of nitrogens with two attached hydrogens (primary N) is 1. The molecule has 4 rings (SSSR count). The molecule has 2 aromatic heterocycles. The van der Waals surface area contributed by atoms with Crippen molar-refractivity contribution in [3.8, 4) is 17.8 Å². The lowest BCUT2D eigenvalue weighted by molar-refractivity contribution is -0.0511. The van der Waals surface area contributed by atoms with E-state index in [1.165, 1.54) is 10.9 Å². The van der Waals surface area contributed by atoms with Crippen LogP contribution in [0.3, 0.4) is 0 Å². The highest BCUT2D eigenvalue weighted by atomic mass is 16.6. The summed E-state index contributed by atoms with van der Waals surface area (Å²) in [4.78, 5) is 12.5. The quantitative estimate of drug-likeness (QED) is 0.467. The molecule has 1 aromatic carbocycles. The minimum Gasteiger partial charge on any atom is -0.424 e. The molecular formula is C17H16N6O5. The van der Waals surface area contributed by atoms with Crippen LogP contribution in [-0.4, -0.2) is 59.8 Å². The van der Waals surface area contributed by atoms with Gasteiger partial charge in [0.05, 0.1) is 24.6 Å². The minimum atomic E-state index is -1.30. The molecule has 28 heavy (non-hydrogen) atoms. The van der Waals surface area contributed by atoms with Gasteiger partial charge < -0.3 is 30.5 Å². The Morgan fingerprint density at radius 1 is 1.21 bits per heavy atom. The van der Waals surface area contributed by atoms with Crippen LogP contribution in [0.4, 0.5) is 5.82 Å². The standard InChI is InChI=1S/C17H16N6O5/c18-5-8-1-3-9(4-2-8)27-17-21-14(19)11-15(22-17)23(7-20-11)16-13(26)12(25)10(6-24)28-16/h1-4,7,10,12-13,16,24-26H,6H2,(H2,19,21,22)/t10-,12-,13-,16-/m1/s1. The highest BCUT2D eigenvalue weighted by molar-refractivity contribution is 5.82. The number of benzene rings is 1. The maximum Gasteiger partial charge on any atom is 0.326 e. The fourth-order valence-corrected chi connectivity index (χ4v) is 2.96. The Kier molecular flexibility index (Phi) is 4.54. The van der Waals surface area contributed by atoms with Crippen LogP contribution in [0.1, 0.15) is 11.8 Å². The molecule has 1 aliphatic heterocycles. The third-order valence-corrected chi connectivity index (χ3v) is 4.41. The highest BCUT2D eigenvalue weighted by Gasteiger charge is 2.44. The fourth-order valence-electron chi connectivity index (χ4n) is 2.96. The molecule has 1 aliphatic rings. The van der Waals surface area contributed by atoms with E-state index >= 15 is 0 Å². The van der Waals surface area contributed by atoms with Crippen LogP contribution in [0.2, 0.25) is 0 Å². The predicted molar refractivity (Wildman–Crippen MR) is 94.0 cm³/mol. The number of aliphatic hydroxyl groups excluding tert-OH is 3. The molecule has 3 aromatic rings. The van der Waals surface area contributed by atoms with E-state index < -0.39 is 31.1 Å². The van der Waals surface area contributed by atoms with Crippen LogP contribution in [-0.2, 0) is 4.74 Å². The van der Waals surface area contributed by atoms with Crippen molar-refractivity contribution in [1.29, 1.82) is 5.26 Å². The van der Waals surface area contributed by atoms with Crippen molar-refractivity contribution in [2.75, 3.05) is 12.3 Å². The molecule has 11 nitrogen and oxygen atoms in total. The van der Waals surface area contributed by atoms with Crippen molar-refractivity contribution < 1.29 is 24.8 Å². The van der Waals surface area contributed by atoms with E-state index in [1.54, 1.807) is 24.3 Å². The molecular weight excluding hydrogens is 368 g/mol. The number of nitriles is 1. The first-order valence-corrected chi connectivity index (χ1v) is 8.32. The van der Waals surface area contributed by atoms with Gasteiger partial charge in [-0.15, -0.1) is 0 Å². The number of aromatic nitrogens is 4. The lowest BCUT2D eigenvalue weighted by Crippen LogP contribution is -2.33. The maximum atomic E-state index is 10.2. The van der Waals surface area contributed by atoms with Crippen molar-refractivity contribution in [3.63, 3.8) is 0 Å². The summed E-state index contributed by atoms with van der Waals surface area (Å²) in [6, 6.07) is 8.29. The lowest BCUT2D eigenvalue weighted by Gasteiger charge is -2.16. The van der Waals surface area contributed by atoms with Crippen LogP contribution >= 0.6 is 0 Å². The number of rotatable bonds is 4. The fraction of sp³-hybridized carbons (Fsp3) is 0.294. The third-order valence-electron chi connectivity index (χ3n) is 4.41. The Balaban J connectivity index is 1.69. The van der Waals surface area contributed by atoms with Gasteiger partial charge in [-0.1, -0.05) is 0 Å². The second-order valence-corrected chi connectivity index (χ2v) is 6.18. The summed E-state index contributed by atoms with van der Waals surface area (Å²) in [7, 11) is 0. The van der Waals surface area contributed by atoms with Crippen LogP contribution in [0.5, 0.6) is 11.8 Å². The first-order valence-electron chi connectivity index (χ1n) is 8.32. The summed E-state index contributed by atoms with van der Waals surface area (Å²) >= 11 is 0. The van der Waals surface area contributed by atoms with E-state index in [0.717, 1.165) is 0 Å². The van der Waals surface area contributed by atoms with Gasteiger partial charge in [0.15, 0.2) is 23.2 Å². The van der Waals surface area contributed by atoms with Crippen molar-refractivity contribution in [1.82, 2.24) is 19.5 Å². The molecule has 5 N–H and O–H groups in total. The van der Waals surface area contributed by atoms with Gasteiger partial charge in [0, 0.05) is 0 Å². The van der Waals surface area contributed by atoms with Crippen molar-refractivity contribution in [3.05, 3.63) is 36.2 Å². The van der Waals surface area contributed by atoms with Crippen LogP contribution in [0, 0.1) is 11.3 Å². The first kappa shape index (κ1) is 18.1. The van der Waals surface area contributed by atoms with E-state index in [1.807, 2.05) is 6.07 Å². The van der Waals surface area contributed by atoms with Crippen LogP contribution in [0.15, 0.2) is 30.6 Å². The smallest absolute Gasteiger partial charge is 0.326 e. The van der Waals surface area contributed by atoms with Gasteiger partial charge in [0.25, 0.3) is 0 Å². The van der Waals surface area contributed by atoms with Gasteiger partial charge in [-0.25, -0.2) is 4.98 Å². The van der Waals surface area contributed by atoms with Gasteiger partial charge in [-0.3, -0.25) is 4.57 Å². The van der Waals surface area contributed by atoms with Gasteiger partial charge in [0.1, 0.15) is 24.1 Å². The molecule has 0 saturated carbocycles. The average Bonchev–Trinajstić information content (AvgIpc) is 3.24. The van der Waals surface area contributed by atoms with Crippen molar-refractivity contribution in [2.24, 2.45) is 0 Å². The van der Waals surface area contributed by atoms with E-state index in [0.29, 0.717) is 11.3 Å². The highest BCUT2D eigenvalue weighted by Crippen LogP contribution is 2.32. The lowest BCUT2D eigenvalue weighted by atomic mass is 10.1. The van der Waals surface area contributed by atoms with Gasteiger partial charge >= 0.3 is 6.01 Å². The SMILES string of the molecule is N#Cc1ccc(Oc2nc(N)c3ncn([C@@H]4O[C@H](CO)[C@@H](O)[C@H]4O)c3n2)cc1. The number of hydrogen-bond donors (Lipinski definition) is 4. The minimum absolute atomic E-state index is 0.0548. The van der Waals surface area contributed by atoms with Crippen molar-refractivity contribution in [2.45, 2.75) is 24.5 Å². The molecule has 0 aliphatic carbocycles. The van der Waals surface area contributed by atoms with Crippen LogP contribution < -0.4 is 10.5 Å². The Labute approximate surface area is 158 Å². The number of nitrogens with zero attached hydrogens (tertiary/aromatic N) is 5. The number of anilines is 1. The summed E-state index contributed by atoms with van der Waals surface area (Å²) in [6.07, 6.45) is -3.17. The number of hydrogen-bond acceptors (Lipinski definition) is 10. The Hall–Kier alpha value is -3.30. The molecule has 0 bridgehead atoms. The maximum absolute atomic E-state index is 10.2. The van der Waals surface area contributed by atoms with Gasteiger partial charge in [-0.05, 0) is 24.3 Å². The Morgan fingerprint density at radius 2 is 1.96 bits per heavy atom. The molecule has 1 fully saturated rings. The zero-order valence-corrected chi connectivity index (χ0v) is 14.4. The first-order chi connectivity index (χ1) is 13.5. The van der Waals surface area contributed by atoms with Gasteiger partial charge in [0.2, 0.25) is 0 Å². The van der Waals surface area contributed by atoms with E-state index in [4.69, 9.17) is 20.5 Å². The largest absolute Gasteiger partial charge is 0.424 e. The monoisotopic (exact) mass is 384 g/mol. The molecule has 0 unspecified atom stereocenters. The molecule has 4 atom stereocenters. The second kappa shape index (κ2) is 7.02. The zero-order chi connectivity index (χ0) is 19.8. The number of ether oxygens (including phenoxy) is 2. The molecule has 0 amide bonds. The molecule has 144 valence electrons. The summed E-state index contributed by atoms with van der Waals surface area (Å²) in [6.45, 7) is -0.453. The average molecular weight is 384 g/mol. The number of fused-ring (bicyclic) bond motifs is 1. The van der Waals surface area contributed by atoms with E-state index in [2.05, 4.69) is 15.0 Å². The molecule has 0 radical (unpaired) electrons. The predicted octanol–water partition coefficient (Wildman–Crippen LogP) is -0.316.